The van der Waals surface area contributed by atoms with E-state index in [4.69, 9.17) is 0 Å². The van der Waals surface area contributed by atoms with Crippen LogP contribution in [0.15, 0.2) is 59.5 Å². The molecular formula is C19H15BrF2N4O. The summed E-state index contributed by atoms with van der Waals surface area (Å²) in [5.74, 6) is 0.621. The van der Waals surface area contributed by atoms with Gasteiger partial charge in [-0.2, -0.15) is 8.78 Å². The number of rotatable bonds is 5. The van der Waals surface area contributed by atoms with Gasteiger partial charge in [0.1, 0.15) is 10.4 Å². The molecule has 0 amide bonds. The Morgan fingerprint density at radius 1 is 1.11 bits per heavy atom. The topological polar surface area (TPSA) is 44.9 Å². The Kier molecular flexibility index (Phi) is 4.65. The number of hydrogen-bond acceptors (Lipinski definition) is 3. The second-order valence-corrected chi connectivity index (χ2v) is 6.79. The number of aryl methyl sites for hydroxylation is 1. The number of fused-ring (bicyclic) bond motifs is 1. The normalized spacial score (nSPS) is 11.4. The van der Waals surface area contributed by atoms with Gasteiger partial charge in [0.05, 0.1) is 5.56 Å². The average Bonchev–Trinajstić information content (AvgIpc) is 3.14. The first-order valence-corrected chi connectivity index (χ1v) is 8.99. The zero-order valence-electron chi connectivity index (χ0n) is 14.3. The van der Waals surface area contributed by atoms with Crippen molar-refractivity contribution in [2.75, 3.05) is 0 Å². The summed E-state index contributed by atoms with van der Waals surface area (Å²) in [4.78, 5) is 4.61. The Morgan fingerprint density at radius 2 is 1.89 bits per heavy atom. The molecule has 138 valence electrons. The average molecular weight is 433 g/mol. The number of hydrogen-bond donors (Lipinski definition) is 0. The van der Waals surface area contributed by atoms with E-state index in [9.17, 15) is 8.78 Å². The molecule has 0 bridgehead atoms. The lowest BCUT2D eigenvalue weighted by Crippen LogP contribution is -2.05. The van der Waals surface area contributed by atoms with Gasteiger partial charge in [0.25, 0.3) is 0 Å². The van der Waals surface area contributed by atoms with E-state index < -0.39 is 6.61 Å². The van der Waals surface area contributed by atoms with Crippen molar-refractivity contribution in [3.63, 3.8) is 0 Å². The standard InChI is InChI=1S/C19H15BrF2N4O/c1-25-11-14(18(24-25)27-19(21)22)15-13-8-5-9-26(17(13)23-16(15)20)10-12-6-3-2-4-7-12/h2-9,11,19H,10H2,1H3. The molecule has 0 unspecified atom stereocenters. The minimum Gasteiger partial charge on any atom is -0.415 e. The van der Waals surface area contributed by atoms with Gasteiger partial charge in [0.2, 0.25) is 5.88 Å². The highest BCUT2D eigenvalue weighted by Gasteiger charge is 2.25. The molecule has 1 aromatic carbocycles. The van der Waals surface area contributed by atoms with Crippen molar-refractivity contribution in [2.45, 2.75) is 13.2 Å². The molecular weight excluding hydrogens is 418 g/mol. The predicted octanol–water partition coefficient (Wildman–Crippen LogP) is 4.80. The molecule has 0 atom stereocenters. The van der Waals surface area contributed by atoms with E-state index in [1.807, 2.05) is 53.2 Å². The van der Waals surface area contributed by atoms with E-state index in [1.165, 1.54) is 4.68 Å². The SMILES string of the molecule is Cn1cc(-c2c3cccn(Cc4ccccc4)c-3nc2Br)c(OC(F)F)n1. The Balaban J connectivity index is 1.79. The van der Waals surface area contributed by atoms with E-state index >= 15 is 0 Å². The summed E-state index contributed by atoms with van der Waals surface area (Å²) in [6.45, 7) is -2.30. The highest BCUT2D eigenvalue weighted by Crippen LogP contribution is 2.43. The summed E-state index contributed by atoms with van der Waals surface area (Å²) in [6.07, 6.45) is 3.59. The molecule has 0 radical (unpaired) electrons. The third-order valence-electron chi connectivity index (χ3n) is 4.18. The van der Waals surface area contributed by atoms with Crippen LogP contribution in [0.4, 0.5) is 8.78 Å². The molecule has 0 spiro atoms. The number of pyridine rings is 1. The maximum absolute atomic E-state index is 12.8. The Labute approximate surface area is 162 Å². The molecule has 2 aliphatic rings. The van der Waals surface area contributed by atoms with Gasteiger partial charge >= 0.3 is 6.61 Å². The number of aromatic nitrogens is 4. The molecule has 1 aromatic heterocycles. The zero-order chi connectivity index (χ0) is 19.0. The van der Waals surface area contributed by atoms with Crippen LogP contribution in [0.1, 0.15) is 5.56 Å². The number of halogens is 3. The lowest BCUT2D eigenvalue weighted by molar-refractivity contribution is -0.0527. The van der Waals surface area contributed by atoms with Crippen LogP contribution in [0.5, 0.6) is 5.88 Å². The van der Waals surface area contributed by atoms with Crippen LogP contribution in [0.3, 0.4) is 0 Å². The van der Waals surface area contributed by atoms with Crippen molar-refractivity contribution in [2.24, 2.45) is 7.05 Å². The maximum atomic E-state index is 12.8. The van der Waals surface area contributed by atoms with Gasteiger partial charge in [0.15, 0.2) is 0 Å². The first-order chi connectivity index (χ1) is 13.0. The van der Waals surface area contributed by atoms with Crippen molar-refractivity contribution in [1.29, 1.82) is 0 Å². The quantitative estimate of drug-likeness (QED) is 0.454. The second kappa shape index (κ2) is 7.11. The van der Waals surface area contributed by atoms with E-state index in [1.54, 1.807) is 13.2 Å². The van der Waals surface area contributed by atoms with Gasteiger partial charge in [-0.25, -0.2) is 4.98 Å². The molecule has 0 fully saturated rings. The van der Waals surface area contributed by atoms with Crippen LogP contribution in [-0.4, -0.2) is 25.9 Å². The van der Waals surface area contributed by atoms with Gasteiger partial charge in [-0.05, 0) is 33.6 Å². The number of alkyl halides is 2. The minimum atomic E-state index is -2.95. The fraction of sp³-hybridized carbons (Fsp3) is 0.158. The first-order valence-electron chi connectivity index (χ1n) is 8.20. The number of benzene rings is 1. The lowest BCUT2D eigenvalue weighted by atomic mass is 10.1. The van der Waals surface area contributed by atoms with Gasteiger partial charge < -0.3 is 9.30 Å². The molecule has 5 nitrogen and oxygen atoms in total. The van der Waals surface area contributed by atoms with E-state index in [2.05, 4.69) is 30.7 Å². The summed E-state index contributed by atoms with van der Waals surface area (Å²) in [7, 11) is 1.66. The largest absolute Gasteiger partial charge is 0.415 e. The van der Waals surface area contributed by atoms with Gasteiger partial charge in [-0.15, -0.1) is 5.10 Å². The summed E-state index contributed by atoms with van der Waals surface area (Å²) in [5.41, 5.74) is 3.10. The van der Waals surface area contributed by atoms with Crippen LogP contribution < -0.4 is 4.74 Å². The third kappa shape index (κ3) is 3.44. The Hall–Kier alpha value is -2.74. The highest BCUT2D eigenvalue weighted by molar-refractivity contribution is 9.10. The molecule has 4 rings (SSSR count). The molecule has 3 heterocycles. The molecule has 27 heavy (non-hydrogen) atoms. The zero-order valence-corrected chi connectivity index (χ0v) is 15.9. The highest BCUT2D eigenvalue weighted by atomic mass is 79.9. The third-order valence-corrected chi connectivity index (χ3v) is 4.76. The monoisotopic (exact) mass is 432 g/mol. The van der Waals surface area contributed by atoms with Gasteiger partial charge in [0, 0.05) is 37.1 Å². The van der Waals surface area contributed by atoms with Gasteiger partial charge in [-0.1, -0.05) is 30.3 Å². The predicted molar refractivity (Wildman–Crippen MR) is 101 cm³/mol. The second-order valence-electron chi connectivity index (χ2n) is 6.04. The summed E-state index contributed by atoms with van der Waals surface area (Å²) >= 11 is 3.47. The summed E-state index contributed by atoms with van der Waals surface area (Å²) in [5, 5.41) is 4.00. The van der Waals surface area contributed by atoms with Crippen LogP contribution >= 0.6 is 15.9 Å². The summed E-state index contributed by atoms with van der Waals surface area (Å²) < 4.78 is 34.2. The first kappa shape index (κ1) is 17.7. The van der Waals surface area contributed by atoms with E-state index in [0.717, 1.165) is 17.0 Å². The van der Waals surface area contributed by atoms with Gasteiger partial charge in [-0.3, -0.25) is 4.68 Å². The number of ether oxygens (including phenoxy) is 1. The Morgan fingerprint density at radius 3 is 2.63 bits per heavy atom. The van der Waals surface area contributed by atoms with E-state index in [0.29, 0.717) is 22.3 Å². The smallest absolute Gasteiger partial charge is 0.388 e. The minimum absolute atomic E-state index is 0.124. The molecule has 0 aliphatic carbocycles. The van der Waals surface area contributed by atoms with Crippen LogP contribution in [0.2, 0.25) is 0 Å². The maximum Gasteiger partial charge on any atom is 0.388 e. The van der Waals surface area contributed by atoms with Crippen molar-refractivity contribution in [1.82, 2.24) is 19.3 Å². The van der Waals surface area contributed by atoms with Crippen LogP contribution in [0.25, 0.3) is 22.5 Å². The molecule has 0 saturated heterocycles. The van der Waals surface area contributed by atoms with Crippen molar-refractivity contribution in [3.8, 4) is 28.4 Å². The van der Waals surface area contributed by atoms with E-state index in [-0.39, 0.29) is 5.88 Å². The molecule has 0 N–H and O–H groups in total. The Bertz CT molecular complexity index is 1050. The lowest BCUT2D eigenvalue weighted by Gasteiger charge is -2.12. The van der Waals surface area contributed by atoms with Crippen LogP contribution in [-0.2, 0) is 13.6 Å². The fourth-order valence-electron chi connectivity index (χ4n) is 3.10. The van der Waals surface area contributed by atoms with Crippen molar-refractivity contribution < 1.29 is 13.5 Å². The number of nitrogens with zero attached hydrogens (tertiary/aromatic N) is 4. The molecule has 2 aromatic rings. The van der Waals surface area contributed by atoms with Crippen LogP contribution in [0, 0.1) is 0 Å². The fourth-order valence-corrected chi connectivity index (χ4v) is 3.69. The van der Waals surface area contributed by atoms with Crippen molar-refractivity contribution in [3.05, 3.63) is 65.0 Å². The summed E-state index contributed by atoms with van der Waals surface area (Å²) in [6, 6.07) is 13.8. The van der Waals surface area contributed by atoms with Crippen molar-refractivity contribution >= 4 is 15.9 Å². The molecule has 2 aliphatic heterocycles. The molecule has 0 saturated carbocycles. The molecule has 8 heteroatoms.